The molecule has 4 rings (SSSR count). The number of fused-ring (bicyclic) bond motifs is 1. The number of carbonyl (C=O) groups is 2. The highest BCUT2D eigenvalue weighted by atomic mass is 16.5. The zero-order chi connectivity index (χ0) is 29.0. The summed E-state index contributed by atoms with van der Waals surface area (Å²) in [7, 11) is 5.53. The molecule has 8 heteroatoms. The lowest BCUT2D eigenvalue weighted by atomic mass is 9.86. The molecule has 0 aliphatic heterocycles. The Morgan fingerprint density at radius 2 is 1.43 bits per heavy atom. The van der Waals surface area contributed by atoms with Gasteiger partial charge in [-0.25, -0.2) is 9.59 Å². The Kier molecular flexibility index (Phi) is 8.30. The van der Waals surface area contributed by atoms with Crippen LogP contribution in [0.15, 0.2) is 72.8 Å². The van der Waals surface area contributed by atoms with Gasteiger partial charge in [-0.05, 0) is 65.3 Å². The van der Waals surface area contributed by atoms with Crippen LogP contribution in [0.25, 0.3) is 21.9 Å². The number of urea groups is 1. The van der Waals surface area contributed by atoms with Gasteiger partial charge < -0.3 is 25.4 Å². The second kappa shape index (κ2) is 11.7. The van der Waals surface area contributed by atoms with Gasteiger partial charge in [0.25, 0.3) is 0 Å². The lowest BCUT2D eigenvalue weighted by molar-refractivity contribution is 0.209. The second-order valence-corrected chi connectivity index (χ2v) is 11.0. The molecule has 208 valence electrons. The van der Waals surface area contributed by atoms with Crippen molar-refractivity contribution in [1.82, 2.24) is 4.90 Å². The number of amides is 3. The molecule has 0 saturated carbocycles. The van der Waals surface area contributed by atoms with E-state index in [1.165, 1.54) is 12.7 Å². The molecule has 0 aliphatic carbocycles. The van der Waals surface area contributed by atoms with E-state index in [1.807, 2.05) is 71.3 Å². The maximum atomic E-state index is 13.3. The molecule has 0 bridgehead atoms. The van der Waals surface area contributed by atoms with E-state index in [0.29, 0.717) is 11.4 Å². The minimum atomic E-state index is -1.22. The molecule has 4 aromatic rings. The Labute approximate surface area is 235 Å². The van der Waals surface area contributed by atoms with Crippen molar-refractivity contribution in [2.24, 2.45) is 0 Å². The minimum absolute atomic E-state index is 0.225. The van der Waals surface area contributed by atoms with Crippen molar-refractivity contribution >= 4 is 40.0 Å². The van der Waals surface area contributed by atoms with Gasteiger partial charge in [0.15, 0.2) is 5.75 Å². The molecule has 0 aliphatic rings. The van der Waals surface area contributed by atoms with Crippen molar-refractivity contribution < 1.29 is 19.4 Å². The summed E-state index contributed by atoms with van der Waals surface area (Å²) < 4.78 is 5.49. The van der Waals surface area contributed by atoms with Gasteiger partial charge in [-0.1, -0.05) is 75.4 Å². The predicted molar refractivity (Wildman–Crippen MR) is 163 cm³/mol. The first-order chi connectivity index (χ1) is 19.0. The summed E-state index contributed by atoms with van der Waals surface area (Å²) in [6.07, 6.45) is -1.22. The fourth-order valence-electron chi connectivity index (χ4n) is 4.67. The largest absolute Gasteiger partial charge is 0.492 e. The first-order valence-corrected chi connectivity index (χ1v) is 13.0. The summed E-state index contributed by atoms with van der Waals surface area (Å²) in [5, 5.41) is 19.4. The van der Waals surface area contributed by atoms with Gasteiger partial charge in [0.2, 0.25) is 0 Å². The molecule has 4 aromatic carbocycles. The van der Waals surface area contributed by atoms with Crippen LogP contribution in [0.5, 0.6) is 5.75 Å². The number of hydrogen-bond donors (Lipinski definition) is 4. The number of carbonyl (C=O) groups excluding carboxylic acids is 1. The standard InChI is InChI=1S/C32H36N4O4/c1-32(2,3)22-17-27(29(40-6)28(18-22)35-31(38)39)34-30(37)33-26-16-15-23(24-9-7-8-10-25(24)26)21-13-11-20(12-14-21)19-36(4)5/h7-18,35H,19H2,1-6H3,(H,38,39)(H2,33,34,37). The molecule has 0 heterocycles. The maximum Gasteiger partial charge on any atom is 0.409 e. The number of hydrogen-bond acceptors (Lipinski definition) is 4. The van der Waals surface area contributed by atoms with Gasteiger partial charge in [-0.3, -0.25) is 5.32 Å². The van der Waals surface area contributed by atoms with Crippen LogP contribution in [0.4, 0.5) is 26.7 Å². The number of rotatable bonds is 7. The fourth-order valence-corrected chi connectivity index (χ4v) is 4.67. The quantitative estimate of drug-likeness (QED) is 0.193. The summed E-state index contributed by atoms with van der Waals surface area (Å²) in [6, 6.07) is 23.4. The molecule has 8 nitrogen and oxygen atoms in total. The molecule has 0 aromatic heterocycles. The van der Waals surface area contributed by atoms with Crippen LogP contribution >= 0.6 is 0 Å². The molecule has 0 spiro atoms. The summed E-state index contributed by atoms with van der Waals surface area (Å²) >= 11 is 0. The lowest BCUT2D eigenvalue weighted by Crippen LogP contribution is -2.22. The molecular weight excluding hydrogens is 504 g/mol. The molecule has 4 N–H and O–H groups in total. The third kappa shape index (κ3) is 6.52. The zero-order valence-corrected chi connectivity index (χ0v) is 23.8. The van der Waals surface area contributed by atoms with Gasteiger partial charge >= 0.3 is 12.1 Å². The van der Waals surface area contributed by atoms with Crippen molar-refractivity contribution in [3.05, 3.63) is 83.9 Å². The van der Waals surface area contributed by atoms with Crippen LogP contribution < -0.4 is 20.7 Å². The summed E-state index contributed by atoms with van der Waals surface area (Å²) in [6.45, 7) is 6.89. The van der Waals surface area contributed by atoms with Gasteiger partial charge in [0.1, 0.15) is 0 Å². The SMILES string of the molecule is COc1c(NC(=O)O)cc(C(C)(C)C)cc1NC(=O)Nc1ccc(-c2ccc(CN(C)C)cc2)c2ccccc12. The predicted octanol–water partition coefficient (Wildman–Crippen LogP) is 7.61. The Balaban J connectivity index is 1.65. The summed E-state index contributed by atoms with van der Waals surface area (Å²) in [4.78, 5) is 26.8. The van der Waals surface area contributed by atoms with Crippen LogP contribution in [0, 0.1) is 0 Å². The third-order valence-corrected chi connectivity index (χ3v) is 6.58. The number of nitrogens with one attached hydrogen (secondary N) is 3. The third-order valence-electron chi connectivity index (χ3n) is 6.58. The number of ether oxygens (including phenoxy) is 1. The average Bonchev–Trinajstić information content (AvgIpc) is 2.88. The molecule has 0 atom stereocenters. The van der Waals surface area contributed by atoms with Gasteiger partial charge in [-0.2, -0.15) is 0 Å². The highest BCUT2D eigenvalue weighted by Gasteiger charge is 2.22. The number of carboxylic acid groups (broad SMARTS) is 1. The number of benzene rings is 4. The van der Waals surface area contributed by atoms with Crippen LogP contribution in [0.2, 0.25) is 0 Å². The molecular formula is C32H36N4O4. The molecule has 0 unspecified atom stereocenters. The second-order valence-electron chi connectivity index (χ2n) is 11.0. The molecule has 0 radical (unpaired) electrons. The van der Waals surface area contributed by atoms with Crippen LogP contribution in [-0.2, 0) is 12.0 Å². The highest BCUT2D eigenvalue weighted by Crippen LogP contribution is 2.39. The van der Waals surface area contributed by atoms with Crippen molar-refractivity contribution in [2.75, 3.05) is 37.2 Å². The van der Waals surface area contributed by atoms with E-state index in [4.69, 9.17) is 4.74 Å². The lowest BCUT2D eigenvalue weighted by Gasteiger charge is -2.23. The summed E-state index contributed by atoms with van der Waals surface area (Å²) in [5.74, 6) is 0.225. The van der Waals surface area contributed by atoms with Crippen molar-refractivity contribution in [2.45, 2.75) is 32.7 Å². The van der Waals surface area contributed by atoms with E-state index < -0.39 is 12.1 Å². The van der Waals surface area contributed by atoms with Gasteiger partial charge in [0.05, 0.1) is 24.2 Å². The van der Waals surface area contributed by atoms with Crippen molar-refractivity contribution in [3.63, 3.8) is 0 Å². The van der Waals surface area contributed by atoms with E-state index in [9.17, 15) is 14.7 Å². The number of methoxy groups -OCH3 is 1. The Bertz CT molecular complexity index is 1540. The molecule has 0 fully saturated rings. The highest BCUT2D eigenvalue weighted by molar-refractivity contribution is 6.10. The van der Waals surface area contributed by atoms with Crippen molar-refractivity contribution in [3.8, 4) is 16.9 Å². The Morgan fingerprint density at radius 3 is 2.00 bits per heavy atom. The molecule has 0 saturated heterocycles. The van der Waals surface area contributed by atoms with Crippen LogP contribution in [-0.4, -0.2) is 43.3 Å². The van der Waals surface area contributed by atoms with Crippen molar-refractivity contribution in [1.29, 1.82) is 0 Å². The van der Waals surface area contributed by atoms with E-state index in [1.54, 1.807) is 12.1 Å². The van der Waals surface area contributed by atoms with Crippen LogP contribution in [0.1, 0.15) is 31.9 Å². The van der Waals surface area contributed by atoms with E-state index in [-0.39, 0.29) is 16.9 Å². The average molecular weight is 541 g/mol. The van der Waals surface area contributed by atoms with E-state index in [2.05, 4.69) is 45.1 Å². The van der Waals surface area contributed by atoms with E-state index >= 15 is 0 Å². The zero-order valence-electron chi connectivity index (χ0n) is 23.8. The monoisotopic (exact) mass is 540 g/mol. The van der Waals surface area contributed by atoms with Gasteiger partial charge in [0, 0.05) is 11.9 Å². The first kappa shape index (κ1) is 28.4. The Hall–Kier alpha value is -4.56. The Morgan fingerprint density at radius 1 is 0.825 bits per heavy atom. The maximum absolute atomic E-state index is 13.3. The number of nitrogens with zero attached hydrogens (tertiary/aromatic N) is 1. The molecule has 40 heavy (non-hydrogen) atoms. The molecule has 3 amide bonds. The smallest absolute Gasteiger partial charge is 0.409 e. The minimum Gasteiger partial charge on any atom is -0.492 e. The van der Waals surface area contributed by atoms with Gasteiger partial charge in [-0.15, -0.1) is 0 Å². The number of anilines is 3. The van der Waals surface area contributed by atoms with E-state index in [0.717, 1.165) is 34.0 Å². The normalized spacial score (nSPS) is 11.4. The topological polar surface area (TPSA) is 103 Å². The fraction of sp³-hybridized carbons (Fsp3) is 0.250. The summed E-state index contributed by atoms with van der Waals surface area (Å²) in [5.41, 5.74) is 5.19. The first-order valence-electron chi connectivity index (χ1n) is 13.0. The van der Waals surface area contributed by atoms with Crippen LogP contribution in [0.3, 0.4) is 0 Å².